The third-order valence-corrected chi connectivity index (χ3v) is 3.72. The van der Waals surface area contributed by atoms with E-state index in [2.05, 4.69) is 4.98 Å². The first-order chi connectivity index (χ1) is 12.1. The van der Waals surface area contributed by atoms with Crippen molar-refractivity contribution in [1.82, 2.24) is 4.98 Å². The van der Waals surface area contributed by atoms with Crippen molar-refractivity contribution in [2.24, 2.45) is 0 Å². The first-order valence-electron chi connectivity index (χ1n) is 8.02. The Morgan fingerprint density at radius 1 is 1.20 bits per heavy atom. The van der Waals surface area contributed by atoms with Gasteiger partial charge in [0.05, 0.1) is 18.2 Å². The Morgan fingerprint density at radius 3 is 2.84 bits per heavy atom. The van der Waals surface area contributed by atoms with Crippen LogP contribution >= 0.6 is 0 Å². The first-order valence-corrected chi connectivity index (χ1v) is 8.02. The average Bonchev–Trinajstić information content (AvgIpc) is 3.07. The molecule has 0 saturated carbocycles. The lowest BCUT2D eigenvalue weighted by atomic mass is 10.1. The number of esters is 1. The van der Waals surface area contributed by atoms with Crippen LogP contribution in [0.25, 0.3) is 11.3 Å². The molecule has 5 heteroatoms. The minimum atomic E-state index is -0.372. The molecule has 4 nitrogen and oxygen atoms in total. The van der Waals surface area contributed by atoms with Crippen LogP contribution in [-0.2, 0) is 22.6 Å². The Balaban J connectivity index is 1.52. The molecular weight excluding hydrogens is 321 g/mol. The molecule has 2 aromatic carbocycles. The van der Waals surface area contributed by atoms with Crippen molar-refractivity contribution in [3.63, 3.8) is 0 Å². The quantitative estimate of drug-likeness (QED) is 0.622. The normalized spacial score (nSPS) is 10.6. The van der Waals surface area contributed by atoms with Gasteiger partial charge in [-0.05, 0) is 24.6 Å². The summed E-state index contributed by atoms with van der Waals surface area (Å²) < 4.78 is 24.5. The molecule has 1 aromatic heterocycles. The van der Waals surface area contributed by atoms with Crippen molar-refractivity contribution >= 4 is 5.97 Å². The van der Waals surface area contributed by atoms with E-state index in [0.29, 0.717) is 23.6 Å². The third kappa shape index (κ3) is 4.53. The molecule has 0 amide bonds. The largest absolute Gasteiger partial charge is 0.461 e. The van der Waals surface area contributed by atoms with Crippen molar-refractivity contribution in [2.75, 3.05) is 0 Å². The van der Waals surface area contributed by atoms with E-state index in [9.17, 15) is 9.18 Å². The van der Waals surface area contributed by atoms with Gasteiger partial charge in [-0.25, -0.2) is 9.37 Å². The summed E-state index contributed by atoms with van der Waals surface area (Å²) in [5, 5.41) is 0. The molecule has 0 N–H and O–H groups in total. The number of ether oxygens (including phenoxy) is 1. The molecule has 0 atom stereocenters. The number of aryl methyl sites for hydroxylation is 2. The predicted octanol–water partition coefficient (Wildman–Crippen LogP) is 4.47. The summed E-state index contributed by atoms with van der Waals surface area (Å²) in [6.07, 6.45) is 1.93. The van der Waals surface area contributed by atoms with E-state index in [0.717, 1.165) is 11.1 Å². The van der Waals surface area contributed by atoms with Gasteiger partial charge < -0.3 is 9.15 Å². The lowest BCUT2D eigenvalue weighted by Crippen LogP contribution is -2.06. The van der Waals surface area contributed by atoms with Gasteiger partial charge >= 0.3 is 5.97 Å². The number of oxazole rings is 1. The molecule has 0 spiro atoms. The second-order valence-corrected chi connectivity index (χ2v) is 5.75. The van der Waals surface area contributed by atoms with Crippen LogP contribution < -0.4 is 0 Å². The first kappa shape index (κ1) is 16.9. The number of aromatic nitrogens is 1. The maximum Gasteiger partial charge on any atom is 0.306 e. The van der Waals surface area contributed by atoms with Crippen LogP contribution in [0.1, 0.15) is 23.4 Å². The van der Waals surface area contributed by atoms with Gasteiger partial charge in [0.25, 0.3) is 0 Å². The fourth-order valence-corrected chi connectivity index (χ4v) is 2.46. The molecule has 0 radical (unpaired) electrons. The lowest BCUT2D eigenvalue weighted by Gasteiger charge is -2.05. The minimum absolute atomic E-state index is 0.156. The number of benzene rings is 2. The van der Waals surface area contributed by atoms with Gasteiger partial charge in [-0.2, -0.15) is 0 Å². The molecule has 0 aliphatic carbocycles. The Labute approximate surface area is 145 Å². The molecule has 0 fully saturated rings. The molecule has 128 valence electrons. The summed E-state index contributed by atoms with van der Waals surface area (Å²) in [4.78, 5) is 15.9. The molecule has 1 heterocycles. The highest BCUT2D eigenvalue weighted by Crippen LogP contribution is 2.23. The molecular formula is C20H18FNO3. The van der Waals surface area contributed by atoms with E-state index >= 15 is 0 Å². The van der Waals surface area contributed by atoms with E-state index in [4.69, 9.17) is 9.15 Å². The van der Waals surface area contributed by atoms with E-state index in [-0.39, 0.29) is 24.8 Å². The number of carbonyl (C=O) groups excluding carboxylic acids is 1. The fraction of sp³-hybridized carbons (Fsp3) is 0.200. The van der Waals surface area contributed by atoms with Crippen LogP contribution in [0.2, 0.25) is 0 Å². The minimum Gasteiger partial charge on any atom is -0.461 e. The number of carbonyl (C=O) groups is 1. The highest BCUT2D eigenvalue weighted by molar-refractivity contribution is 5.69. The maximum absolute atomic E-state index is 13.7. The van der Waals surface area contributed by atoms with E-state index in [1.807, 2.05) is 31.2 Å². The Kier molecular flexibility index (Phi) is 5.23. The van der Waals surface area contributed by atoms with Crippen molar-refractivity contribution in [1.29, 1.82) is 0 Å². The van der Waals surface area contributed by atoms with Crippen molar-refractivity contribution in [3.8, 4) is 11.3 Å². The van der Waals surface area contributed by atoms with Gasteiger partial charge in [-0.15, -0.1) is 0 Å². The standard InChI is InChI=1S/C20H18FNO3/c1-14-5-4-6-15(11-14)13-24-20(23)10-9-19-22-12-18(25-19)16-7-2-3-8-17(16)21/h2-8,11-12H,9-10,13H2,1H3. The van der Waals surface area contributed by atoms with E-state index in [1.165, 1.54) is 12.3 Å². The molecule has 25 heavy (non-hydrogen) atoms. The summed E-state index contributed by atoms with van der Waals surface area (Å²) >= 11 is 0. The van der Waals surface area contributed by atoms with Crippen molar-refractivity contribution in [2.45, 2.75) is 26.4 Å². The SMILES string of the molecule is Cc1cccc(COC(=O)CCc2ncc(-c3ccccc3F)o2)c1. The fourth-order valence-electron chi connectivity index (χ4n) is 2.46. The Bertz CT molecular complexity index is 873. The van der Waals surface area contributed by atoms with Gasteiger partial charge in [-0.3, -0.25) is 4.79 Å². The van der Waals surface area contributed by atoms with Gasteiger partial charge in [-0.1, -0.05) is 42.0 Å². The van der Waals surface area contributed by atoms with Crippen LogP contribution in [0.4, 0.5) is 4.39 Å². The van der Waals surface area contributed by atoms with Crippen molar-refractivity contribution < 1.29 is 18.3 Å². The highest BCUT2D eigenvalue weighted by atomic mass is 19.1. The van der Waals surface area contributed by atoms with Gasteiger partial charge in [0, 0.05) is 6.42 Å². The number of hydrogen-bond donors (Lipinski definition) is 0. The summed E-state index contributed by atoms with van der Waals surface area (Å²) in [5.41, 5.74) is 2.42. The Hall–Kier alpha value is -2.95. The second kappa shape index (κ2) is 7.75. The van der Waals surface area contributed by atoms with Gasteiger partial charge in [0.1, 0.15) is 12.4 Å². The Morgan fingerprint density at radius 2 is 2.04 bits per heavy atom. The van der Waals surface area contributed by atoms with Crippen LogP contribution in [0.3, 0.4) is 0 Å². The summed E-state index contributed by atoms with van der Waals surface area (Å²) in [6, 6.07) is 14.1. The van der Waals surface area contributed by atoms with Gasteiger partial charge in [0.2, 0.25) is 0 Å². The highest BCUT2D eigenvalue weighted by Gasteiger charge is 2.12. The second-order valence-electron chi connectivity index (χ2n) is 5.75. The zero-order chi connectivity index (χ0) is 17.6. The van der Waals surface area contributed by atoms with Crippen LogP contribution in [-0.4, -0.2) is 11.0 Å². The summed E-state index contributed by atoms with van der Waals surface area (Å²) in [5.74, 6) is 0.0295. The maximum atomic E-state index is 13.7. The van der Waals surface area contributed by atoms with E-state index in [1.54, 1.807) is 18.2 Å². The van der Waals surface area contributed by atoms with Crippen LogP contribution in [0.15, 0.2) is 59.1 Å². The number of nitrogens with zero attached hydrogens (tertiary/aromatic N) is 1. The van der Waals surface area contributed by atoms with E-state index < -0.39 is 0 Å². The molecule has 0 unspecified atom stereocenters. The van der Waals surface area contributed by atoms with Gasteiger partial charge in [0.15, 0.2) is 11.7 Å². The molecule has 0 bridgehead atoms. The van der Waals surface area contributed by atoms with Crippen LogP contribution in [0.5, 0.6) is 0 Å². The van der Waals surface area contributed by atoms with Crippen molar-refractivity contribution in [3.05, 3.63) is 77.6 Å². The molecule has 3 rings (SSSR count). The molecule has 0 aliphatic heterocycles. The monoisotopic (exact) mass is 339 g/mol. The number of rotatable bonds is 6. The predicted molar refractivity (Wildman–Crippen MR) is 91.2 cm³/mol. The lowest BCUT2D eigenvalue weighted by molar-refractivity contribution is -0.145. The molecule has 3 aromatic rings. The smallest absolute Gasteiger partial charge is 0.306 e. The zero-order valence-corrected chi connectivity index (χ0v) is 13.9. The van der Waals surface area contributed by atoms with Crippen LogP contribution in [0, 0.1) is 12.7 Å². The number of hydrogen-bond acceptors (Lipinski definition) is 4. The summed E-state index contributed by atoms with van der Waals surface area (Å²) in [6.45, 7) is 2.23. The molecule has 0 aliphatic rings. The zero-order valence-electron chi connectivity index (χ0n) is 13.9. The molecule has 0 saturated heterocycles. The summed E-state index contributed by atoms with van der Waals surface area (Å²) in [7, 11) is 0. The topological polar surface area (TPSA) is 52.3 Å². The average molecular weight is 339 g/mol. The number of halogens is 1. The third-order valence-electron chi connectivity index (χ3n) is 3.72.